The Balaban J connectivity index is 2.45. The summed E-state index contributed by atoms with van der Waals surface area (Å²) in [5.74, 6) is -1.40. The van der Waals surface area contributed by atoms with Gasteiger partial charge in [0.25, 0.3) is 0 Å². The second-order valence-corrected chi connectivity index (χ2v) is 5.31. The van der Waals surface area contributed by atoms with E-state index in [1.54, 1.807) is 0 Å². The maximum Gasteiger partial charge on any atom is 0.315 e. The SMILES string of the molecule is CCCC(CNC(=O)NC(C)c1ccc(C)cc1)C(=O)O. The van der Waals surface area contributed by atoms with Gasteiger partial charge in [-0.25, -0.2) is 4.79 Å². The summed E-state index contributed by atoms with van der Waals surface area (Å²) >= 11 is 0. The molecule has 0 radical (unpaired) electrons. The van der Waals surface area contributed by atoms with Crippen LogP contribution >= 0.6 is 0 Å². The molecule has 0 spiro atoms. The number of carbonyl (C=O) groups is 2. The van der Waals surface area contributed by atoms with Gasteiger partial charge in [-0.05, 0) is 25.8 Å². The Morgan fingerprint density at radius 2 is 1.86 bits per heavy atom. The van der Waals surface area contributed by atoms with E-state index in [1.807, 2.05) is 45.0 Å². The van der Waals surface area contributed by atoms with Gasteiger partial charge in [-0.15, -0.1) is 0 Å². The number of nitrogens with one attached hydrogen (secondary N) is 2. The van der Waals surface area contributed by atoms with E-state index in [0.717, 1.165) is 12.0 Å². The number of rotatable bonds is 7. The van der Waals surface area contributed by atoms with Crippen LogP contribution in [0.15, 0.2) is 24.3 Å². The first-order chi connectivity index (χ1) is 9.93. The maximum atomic E-state index is 11.8. The van der Waals surface area contributed by atoms with Crippen LogP contribution in [0.2, 0.25) is 0 Å². The summed E-state index contributed by atoms with van der Waals surface area (Å²) in [5.41, 5.74) is 2.18. The van der Waals surface area contributed by atoms with Gasteiger partial charge in [0.05, 0.1) is 12.0 Å². The number of hydrogen-bond donors (Lipinski definition) is 3. The minimum Gasteiger partial charge on any atom is -0.481 e. The molecule has 2 unspecified atom stereocenters. The van der Waals surface area contributed by atoms with E-state index in [1.165, 1.54) is 5.56 Å². The van der Waals surface area contributed by atoms with Crippen LogP contribution in [0.25, 0.3) is 0 Å². The molecule has 0 aliphatic carbocycles. The fourth-order valence-corrected chi connectivity index (χ4v) is 2.06. The number of carbonyl (C=O) groups excluding carboxylic acids is 1. The number of hydrogen-bond acceptors (Lipinski definition) is 2. The average Bonchev–Trinajstić information content (AvgIpc) is 2.43. The maximum absolute atomic E-state index is 11.8. The number of carboxylic acids is 1. The molecule has 2 atom stereocenters. The Morgan fingerprint density at radius 1 is 1.24 bits per heavy atom. The molecule has 0 aliphatic rings. The molecule has 1 aromatic rings. The first kappa shape index (κ1) is 17.0. The van der Waals surface area contributed by atoms with Gasteiger partial charge >= 0.3 is 12.0 Å². The zero-order chi connectivity index (χ0) is 15.8. The highest BCUT2D eigenvalue weighted by Crippen LogP contribution is 2.12. The quantitative estimate of drug-likeness (QED) is 0.723. The third-order valence-electron chi connectivity index (χ3n) is 3.42. The van der Waals surface area contributed by atoms with Crippen LogP contribution in [0.4, 0.5) is 4.79 Å². The second-order valence-electron chi connectivity index (χ2n) is 5.31. The van der Waals surface area contributed by atoms with Crippen LogP contribution < -0.4 is 10.6 Å². The molecule has 0 fully saturated rings. The lowest BCUT2D eigenvalue weighted by molar-refractivity contribution is -0.141. The highest BCUT2D eigenvalue weighted by atomic mass is 16.4. The molecule has 5 heteroatoms. The molecule has 0 bridgehead atoms. The summed E-state index contributed by atoms with van der Waals surface area (Å²) in [6, 6.07) is 7.46. The van der Waals surface area contributed by atoms with Gasteiger partial charge in [0, 0.05) is 6.54 Å². The number of aliphatic carboxylic acids is 1. The standard InChI is InChI=1S/C16H24N2O3/c1-4-5-14(15(19)20)10-17-16(21)18-12(3)13-8-6-11(2)7-9-13/h6-9,12,14H,4-5,10H2,1-3H3,(H,19,20)(H2,17,18,21). The highest BCUT2D eigenvalue weighted by Gasteiger charge is 2.17. The lowest BCUT2D eigenvalue weighted by Gasteiger charge is -2.17. The third kappa shape index (κ3) is 5.85. The number of urea groups is 1. The molecule has 5 nitrogen and oxygen atoms in total. The van der Waals surface area contributed by atoms with Crippen molar-refractivity contribution in [2.75, 3.05) is 6.54 Å². The number of amides is 2. The lowest BCUT2D eigenvalue weighted by atomic mass is 10.0. The molecular formula is C16H24N2O3. The van der Waals surface area contributed by atoms with E-state index in [4.69, 9.17) is 5.11 Å². The van der Waals surface area contributed by atoms with Gasteiger partial charge in [-0.1, -0.05) is 43.2 Å². The predicted molar refractivity (Wildman–Crippen MR) is 82.2 cm³/mol. The molecule has 0 saturated carbocycles. The largest absolute Gasteiger partial charge is 0.481 e. The average molecular weight is 292 g/mol. The van der Waals surface area contributed by atoms with E-state index < -0.39 is 11.9 Å². The lowest BCUT2D eigenvalue weighted by Crippen LogP contribution is -2.40. The van der Waals surface area contributed by atoms with Crippen LogP contribution in [0.1, 0.15) is 43.9 Å². The van der Waals surface area contributed by atoms with Crippen molar-refractivity contribution < 1.29 is 14.7 Å². The van der Waals surface area contributed by atoms with Crippen molar-refractivity contribution in [3.8, 4) is 0 Å². The highest BCUT2D eigenvalue weighted by molar-refractivity contribution is 5.76. The van der Waals surface area contributed by atoms with Crippen molar-refractivity contribution in [1.82, 2.24) is 10.6 Å². The summed E-state index contributed by atoms with van der Waals surface area (Å²) < 4.78 is 0. The van der Waals surface area contributed by atoms with E-state index in [9.17, 15) is 9.59 Å². The van der Waals surface area contributed by atoms with Crippen molar-refractivity contribution in [2.24, 2.45) is 5.92 Å². The molecular weight excluding hydrogens is 268 g/mol. The van der Waals surface area contributed by atoms with E-state index in [2.05, 4.69) is 10.6 Å². The smallest absolute Gasteiger partial charge is 0.315 e. The van der Waals surface area contributed by atoms with Crippen LogP contribution in [0, 0.1) is 12.8 Å². The summed E-state index contributed by atoms with van der Waals surface area (Å²) in [6.45, 7) is 5.98. The normalized spacial score (nSPS) is 13.3. The van der Waals surface area contributed by atoms with Gasteiger partial charge in [0.1, 0.15) is 0 Å². The number of benzene rings is 1. The van der Waals surface area contributed by atoms with Crippen LogP contribution in [-0.2, 0) is 4.79 Å². The molecule has 3 N–H and O–H groups in total. The second kappa shape index (κ2) is 8.29. The van der Waals surface area contributed by atoms with Crippen molar-refractivity contribution in [3.63, 3.8) is 0 Å². The van der Waals surface area contributed by atoms with Crippen LogP contribution in [0.5, 0.6) is 0 Å². The van der Waals surface area contributed by atoms with Crippen LogP contribution in [0.3, 0.4) is 0 Å². The Bertz CT molecular complexity index is 471. The summed E-state index contributed by atoms with van der Waals surface area (Å²) in [4.78, 5) is 22.8. The van der Waals surface area contributed by atoms with Gasteiger partial charge in [-0.2, -0.15) is 0 Å². The number of carboxylic acid groups (broad SMARTS) is 1. The molecule has 2 amide bonds. The molecule has 1 rings (SSSR count). The number of aryl methyl sites for hydroxylation is 1. The summed E-state index contributed by atoms with van der Waals surface area (Å²) in [6.07, 6.45) is 1.34. The van der Waals surface area contributed by atoms with Crippen molar-refractivity contribution in [1.29, 1.82) is 0 Å². The molecule has 0 saturated heterocycles. The zero-order valence-corrected chi connectivity index (χ0v) is 12.8. The van der Waals surface area contributed by atoms with Crippen molar-refractivity contribution >= 4 is 12.0 Å². The zero-order valence-electron chi connectivity index (χ0n) is 12.8. The van der Waals surface area contributed by atoms with E-state index >= 15 is 0 Å². The fourth-order valence-electron chi connectivity index (χ4n) is 2.06. The topological polar surface area (TPSA) is 78.4 Å². The Hall–Kier alpha value is -2.04. The molecule has 0 heterocycles. The predicted octanol–water partition coefficient (Wildman–Crippen LogP) is 2.86. The minimum absolute atomic E-state index is 0.125. The third-order valence-corrected chi connectivity index (χ3v) is 3.42. The first-order valence-electron chi connectivity index (χ1n) is 7.27. The molecule has 0 aliphatic heterocycles. The first-order valence-corrected chi connectivity index (χ1v) is 7.27. The van der Waals surface area contributed by atoms with E-state index in [0.29, 0.717) is 6.42 Å². The van der Waals surface area contributed by atoms with Gasteiger partial charge in [0.15, 0.2) is 0 Å². The minimum atomic E-state index is -0.872. The Labute approximate surface area is 125 Å². The summed E-state index contributed by atoms with van der Waals surface area (Å²) in [5, 5.41) is 14.5. The monoisotopic (exact) mass is 292 g/mol. The van der Waals surface area contributed by atoms with Crippen LogP contribution in [-0.4, -0.2) is 23.7 Å². The Kier molecular flexibility index (Phi) is 6.72. The van der Waals surface area contributed by atoms with Gasteiger partial charge < -0.3 is 15.7 Å². The molecule has 1 aromatic carbocycles. The van der Waals surface area contributed by atoms with Crippen molar-refractivity contribution in [3.05, 3.63) is 35.4 Å². The molecule has 116 valence electrons. The molecule has 21 heavy (non-hydrogen) atoms. The van der Waals surface area contributed by atoms with Gasteiger partial charge in [0.2, 0.25) is 0 Å². The van der Waals surface area contributed by atoms with Crippen molar-refractivity contribution in [2.45, 2.75) is 39.7 Å². The molecule has 0 aromatic heterocycles. The van der Waals surface area contributed by atoms with E-state index in [-0.39, 0.29) is 18.6 Å². The Morgan fingerprint density at radius 3 is 2.38 bits per heavy atom. The van der Waals surface area contributed by atoms with Gasteiger partial charge in [-0.3, -0.25) is 4.79 Å². The summed E-state index contributed by atoms with van der Waals surface area (Å²) in [7, 11) is 0. The fraction of sp³-hybridized carbons (Fsp3) is 0.500.